The number of carboxylic acid groups (broad SMARTS) is 1. The summed E-state index contributed by atoms with van der Waals surface area (Å²) in [5, 5.41) is 23.5. The first kappa shape index (κ1) is 22.1. The highest BCUT2D eigenvalue weighted by molar-refractivity contribution is 8.03. The molecule has 0 aliphatic carbocycles. The maximum atomic E-state index is 12.4. The number of aryl methyl sites for hydroxylation is 1. The van der Waals surface area contributed by atoms with Gasteiger partial charge in [-0.05, 0) is 19.8 Å². The van der Waals surface area contributed by atoms with E-state index in [-0.39, 0.29) is 41.2 Å². The fourth-order valence-electron chi connectivity index (χ4n) is 4.67. The minimum Gasteiger partial charge on any atom is -0.477 e. The second-order valence-electron chi connectivity index (χ2n) is 7.94. The number of aromatic nitrogens is 2. The molecule has 6 atom stereocenters. The highest BCUT2D eigenvalue weighted by atomic mass is 35.5. The number of carbonyl (C=O) groups excluding carboxylic acids is 1. The Hall–Kier alpha value is -1.55. The molecule has 3 aliphatic rings. The number of aliphatic hydroxyl groups excluding tert-OH is 1. The monoisotopic (exact) mass is 442 g/mol. The van der Waals surface area contributed by atoms with Gasteiger partial charge in [-0.2, -0.15) is 0 Å². The van der Waals surface area contributed by atoms with Crippen LogP contribution in [0.15, 0.2) is 29.3 Å². The van der Waals surface area contributed by atoms with Crippen LogP contribution in [0.3, 0.4) is 0 Å². The lowest BCUT2D eigenvalue weighted by Crippen LogP contribution is -2.63. The Kier molecular flexibility index (Phi) is 6.62. The lowest BCUT2D eigenvalue weighted by Gasteiger charge is -2.46. The third kappa shape index (κ3) is 3.93. The van der Waals surface area contributed by atoms with Crippen LogP contribution in [0.1, 0.15) is 26.7 Å². The van der Waals surface area contributed by atoms with Gasteiger partial charge in [0.25, 0.3) is 0 Å². The van der Waals surface area contributed by atoms with Crippen LogP contribution in [0, 0.1) is 11.8 Å². The Labute approximate surface area is 180 Å². The van der Waals surface area contributed by atoms with E-state index in [1.807, 2.05) is 19.4 Å². The number of hydrogen-bond donors (Lipinski definition) is 3. The number of aliphatic carboxylic acids is 1. The third-order valence-corrected chi connectivity index (χ3v) is 7.59. The van der Waals surface area contributed by atoms with Crippen molar-refractivity contribution in [3.8, 4) is 0 Å². The van der Waals surface area contributed by atoms with Gasteiger partial charge in [0, 0.05) is 47.6 Å². The summed E-state index contributed by atoms with van der Waals surface area (Å²) in [5.74, 6) is -1.91. The molecule has 29 heavy (non-hydrogen) atoms. The number of imidazole rings is 1. The molecule has 1 aromatic rings. The number of nitrogens with zero attached hydrogens (tertiary/aromatic N) is 3. The Bertz CT molecular complexity index is 800. The highest BCUT2D eigenvalue weighted by Crippen LogP contribution is 2.51. The predicted molar refractivity (Wildman–Crippen MR) is 112 cm³/mol. The second-order valence-corrected chi connectivity index (χ2v) is 9.28. The lowest BCUT2D eigenvalue weighted by molar-refractivity contribution is -0.163. The second kappa shape index (κ2) is 8.67. The molecule has 3 N–H and O–H groups in total. The SMILES string of the molecule is C[C@@H](O)[C@H]1C(=O)N2C(C(=O)O)=C(S[C@@H]3CN[C@@H](CCn4ccnc4)C3)[C@H](C)[C@H]12.Cl. The van der Waals surface area contributed by atoms with Gasteiger partial charge < -0.3 is 25.0 Å². The van der Waals surface area contributed by atoms with E-state index in [1.165, 1.54) is 4.90 Å². The predicted octanol–water partition coefficient (Wildman–Crippen LogP) is 1.31. The molecule has 0 radical (unpaired) electrons. The molecule has 4 rings (SSSR count). The third-order valence-electron chi connectivity index (χ3n) is 6.08. The van der Waals surface area contributed by atoms with Gasteiger partial charge in [0.15, 0.2) is 0 Å². The van der Waals surface area contributed by atoms with Crippen molar-refractivity contribution < 1.29 is 19.8 Å². The first-order valence-corrected chi connectivity index (χ1v) is 10.6. The molecule has 0 spiro atoms. The number of β-lactam (4-membered cyclic amide) rings is 1. The molecule has 3 aliphatic heterocycles. The van der Waals surface area contributed by atoms with Crippen molar-refractivity contribution in [3.63, 3.8) is 0 Å². The van der Waals surface area contributed by atoms with Crippen molar-refractivity contribution in [2.45, 2.75) is 56.7 Å². The van der Waals surface area contributed by atoms with Crippen molar-refractivity contribution in [3.05, 3.63) is 29.3 Å². The van der Waals surface area contributed by atoms with Crippen molar-refractivity contribution in [2.24, 2.45) is 11.8 Å². The molecule has 2 saturated heterocycles. The Morgan fingerprint density at radius 2 is 2.24 bits per heavy atom. The molecule has 0 unspecified atom stereocenters. The topological polar surface area (TPSA) is 108 Å². The number of amides is 1. The fraction of sp³-hybridized carbons (Fsp3) is 0.632. The van der Waals surface area contributed by atoms with Crippen molar-refractivity contribution in [1.29, 1.82) is 0 Å². The molecule has 2 fully saturated rings. The van der Waals surface area contributed by atoms with Crippen LogP contribution in [0.4, 0.5) is 0 Å². The summed E-state index contributed by atoms with van der Waals surface area (Å²) >= 11 is 1.59. The molecule has 10 heteroatoms. The molecule has 0 saturated carbocycles. The Balaban J connectivity index is 0.00000240. The van der Waals surface area contributed by atoms with E-state index in [1.54, 1.807) is 24.9 Å². The molecule has 1 aromatic heterocycles. The van der Waals surface area contributed by atoms with Crippen molar-refractivity contribution >= 4 is 36.0 Å². The van der Waals surface area contributed by atoms with Crippen LogP contribution in [0.5, 0.6) is 0 Å². The van der Waals surface area contributed by atoms with Gasteiger partial charge in [0.05, 0.1) is 24.4 Å². The molecule has 1 amide bonds. The van der Waals surface area contributed by atoms with Crippen molar-refractivity contribution in [1.82, 2.24) is 19.8 Å². The van der Waals surface area contributed by atoms with E-state index in [9.17, 15) is 19.8 Å². The van der Waals surface area contributed by atoms with E-state index >= 15 is 0 Å². The smallest absolute Gasteiger partial charge is 0.353 e. The zero-order chi connectivity index (χ0) is 20.0. The van der Waals surface area contributed by atoms with Crippen LogP contribution < -0.4 is 5.32 Å². The van der Waals surface area contributed by atoms with Crippen LogP contribution in [-0.4, -0.2) is 66.5 Å². The number of halogens is 1. The molecular weight excluding hydrogens is 416 g/mol. The maximum absolute atomic E-state index is 12.4. The minimum absolute atomic E-state index is 0. The average Bonchev–Trinajstić information content (AvgIpc) is 3.34. The van der Waals surface area contributed by atoms with Gasteiger partial charge >= 0.3 is 5.97 Å². The average molecular weight is 443 g/mol. The van der Waals surface area contributed by atoms with Gasteiger partial charge in [0.2, 0.25) is 5.91 Å². The molecule has 0 bridgehead atoms. The molecular formula is C19H27ClN4O4S. The first-order chi connectivity index (χ1) is 13.4. The number of carbonyl (C=O) groups is 2. The van der Waals surface area contributed by atoms with Crippen LogP contribution in [0.2, 0.25) is 0 Å². The van der Waals surface area contributed by atoms with Gasteiger partial charge in [0.1, 0.15) is 5.70 Å². The van der Waals surface area contributed by atoms with E-state index < -0.39 is 18.0 Å². The number of fused-ring (bicyclic) bond motifs is 1. The molecule has 0 aromatic carbocycles. The Morgan fingerprint density at radius 3 is 2.86 bits per heavy atom. The summed E-state index contributed by atoms with van der Waals surface area (Å²) in [6.45, 7) is 5.29. The van der Waals surface area contributed by atoms with E-state index in [4.69, 9.17) is 0 Å². The van der Waals surface area contributed by atoms with E-state index in [0.29, 0.717) is 6.04 Å². The molecule has 160 valence electrons. The standard InChI is InChI=1S/C19H26N4O4S.ClH/c1-10-15-14(11(2)24)18(25)23(15)16(19(26)27)17(10)28-13-7-12(21-8-13)3-5-22-6-4-20-9-22;/h4,6,9-15,21,24H,3,5,7-8H2,1-2H3,(H,26,27);1H/t10-,11-,12+,13+,14-,15-;/m1./s1. The normalized spacial score (nSPS) is 32.0. The first-order valence-electron chi connectivity index (χ1n) is 9.72. The number of nitrogens with one attached hydrogen (secondary N) is 1. The van der Waals surface area contributed by atoms with Crippen molar-refractivity contribution in [2.75, 3.05) is 6.54 Å². The number of rotatable bonds is 7. The van der Waals surface area contributed by atoms with Gasteiger partial charge in [-0.1, -0.05) is 6.92 Å². The summed E-state index contributed by atoms with van der Waals surface area (Å²) in [7, 11) is 0. The maximum Gasteiger partial charge on any atom is 0.353 e. The van der Waals surface area contributed by atoms with Crippen LogP contribution in [0.25, 0.3) is 0 Å². The largest absolute Gasteiger partial charge is 0.477 e. The summed E-state index contributed by atoms with van der Waals surface area (Å²) in [6, 6.07) is 0.141. The number of carboxylic acids is 1. The van der Waals surface area contributed by atoms with Crippen LogP contribution in [-0.2, 0) is 16.1 Å². The summed E-state index contributed by atoms with van der Waals surface area (Å²) < 4.78 is 2.05. The highest BCUT2D eigenvalue weighted by Gasteiger charge is 2.60. The summed E-state index contributed by atoms with van der Waals surface area (Å²) in [6.07, 6.45) is 6.71. The Morgan fingerprint density at radius 1 is 1.48 bits per heavy atom. The molecule has 8 nitrogen and oxygen atoms in total. The zero-order valence-corrected chi connectivity index (χ0v) is 18.0. The number of thioether (sulfide) groups is 1. The zero-order valence-electron chi connectivity index (χ0n) is 16.4. The fourth-order valence-corrected chi connectivity index (χ4v) is 6.19. The molecule has 4 heterocycles. The van der Waals surface area contributed by atoms with Crippen LogP contribution >= 0.6 is 24.2 Å². The van der Waals surface area contributed by atoms with E-state index in [0.717, 1.165) is 30.8 Å². The quantitative estimate of drug-likeness (QED) is 0.546. The summed E-state index contributed by atoms with van der Waals surface area (Å²) in [4.78, 5) is 30.5. The lowest BCUT2D eigenvalue weighted by atomic mass is 9.79. The summed E-state index contributed by atoms with van der Waals surface area (Å²) in [5.41, 5.74) is 0.117. The van der Waals surface area contributed by atoms with E-state index in [2.05, 4.69) is 14.9 Å². The minimum atomic E-state index is -1.06. The van der Waals surface area contributed by atoms with Gasteiger partial charge in [-0.3, -0.25) is 4.79 Å². The number of aliphatic hydroxyl groups is 1. The van der Waals surface area contributed by atoms with Gasteiger partial charge in [-0.25, -0.2) is 9.78 Å². The number of hydrogen-bond acceptors (Lipinski definition) is 6. The van der Waals surface area contributed by atoms with Gasteiger partial charge in [-0.15, -0.1) is 24.2 Å².